The van der Waals surface area contributed by atoms with Crippen LogP contribution in [0.15, 0.2) is 12.1 Å². The van der Waals surface area contributed by atoms with Crippen LogP contribution in [0.4, 0.5) is 10.1 Å². The zero-order valence-corrected chi connectivity index (χ0v) is 10.3. The van der Waals surface area contributed by atoms with E-state index in [0.29, 0.717) is 0 Å². The molecule has 1 aromatic carbocycles. The van der Waals surface area contributed by atoms with Crippen LogP contribution in [0.1, 0.15) is 22.8 Å². The highest BCUT2D eigenvalue weighted by Gasteiger charge is 2.25. The van der Waals surface area contributed by atoms with Gasteiger partial charge in [0.25, 0.3) is 5.91 Å². The number of anilines is 1. The van der Waals surface area contributed by atoms with E-state index in [-0.39, 0.29) is 16.8 Å². The molecule has 1 rings (SSSR count). The largest absolute Gasteiger partial charge is 0.398 e. The Morgan fingerprint density at radius 3 is 2.44 bits per heavy atom. The summed E-state index contributed by atoms with van der Waals surface area (Å²) in [5, 5.41) is 20.5. The van der Waals surface area contributed by atoms with Crippen LogP contribution < -0.4 is 11.1 Å². The van der Waals surface area contributed by atoms with Gasteiger partial charge >= 0.3 is 0 Å². The van der Waals surface area contributed by atoms with Crippen LogP contribution in [0, 0.1) is 12.7 Å². The van der Waals surface area contributed by atoms with Crippen molar-refractivity contribution in [2.75, 3.05) is 18.9 Å². The van der Waals surface area contributed by atoms with Gasteiger partial charge in [-0.1, -0.05) is 0 Å². The molecule has 0 atom stereocenters. The van der Waals surface area contributed by atoms with Crippen LogP contribution in [-0.4, -0.2) is 34.9 Å². The van der Waals surface area contributed by atoms with Crippen molar-refractivity contribution in [3.8, 4) is 0 Å². The van der Waals surface area contributed by atoms with Crippen LogP contribution in [0.5, 0.6) is 0 Å². The number of amides is 1. The van der Waals surface area contributed by atoms with Crippen LogP contribution in [-0.2, 0) is 0 Å². The normalized spacial score (nSPS) is 11.4. The van der Waals surface area contributed by atoms with Gasteiger partial charge in [0.05, 0.1) is 18.8 Å². The van der Waals surface area contributed by atoms with Gasteiger partial charge in [0, 0.05) is 16.8 Å². The number of carbonyl (C=O) groups is 1. The number of hydrogen-bond acceptors (Lipinski definition) is 4. The zero-order valence-electron chi connectivity index (χ0n) is 10.3. The fraction of sp³-hybridized carbons (Fsp3) is 0.417. The Hall–Kier alpha value is -1.66. The third-order valence-electron chi connectivity index (χ3n) is 2.76. The van der Waals surface area contributed by atoms with Gasteiger partial charge in [0.2, 0.25) is 0 Å². The summed E-state index contributed by atoms with van der Waals surface area (Å²) in [7, 11) is 0. The van der Waals surface area contributed by atoms with Gasteiger partial charge in [0.1, 0.15) is 5.82 Å². The highest BCUT2D eigenvalue weighted by atomic mass is 19.1. The first-order valence-corrected chi connectivity index (χ1v) is 5.43. The second kappa shape index (κ2) is 5.32. The summed E-state index contributed by atoms with van der Waals surface area (Å²) in [4.78, 5) is 11.8. The molecule has 0 aliphatic heterocycles. The summed E-state index contributed by atoms with van der Waals surface area (Å²) >= 11 is 0. The Kier molecular flexibility index (Phi) is 4.26. The molecular formula is C12H17FN2O3. The van der Waals surface area contributed by atoms with Crippen molar-refractivity contribution < 1.29 is 19.4 Å². The molecule has 5 N–H and O–H groups in total. The minimum atomic E-state index is -1.16. The molecule has 6 heteroatoms. The minimum Gasteiger partial charge on any atom is -0.398 e. The minimum absolute atomic E-state index is 0.0451. The summed E-state index contributed by atoms with van der Waals surface area (Å²) in [6.45, 7) is 2.12. The predicted octanol–water partition coefficient (Wildman–Crippen LogP) is 0.189. The number of halogens is 1. The Bertz CT molecular complexity index is 436. The van der Waals surface area contributed by atoms with Gasteiger partial charge in [-0.2, -0.15) is 0 Å². The summed E-state index contributed by atoms with van der Waals surface area (Å²) in [5.41, 5.74) is 4.91. The molecule has 100 valence electrons. The van der Waals surface area contributed by atoms with E-state index in [2.05, 4.69) is 5.32 Å². The summed E-state index contributed by atoms with van der Waals surface area (Å²) in [6, 6.07) is 2.42. The second-order valence-electron chi connectivity index (χ2n) is 4.50. The SMILES string of the molecule is Cc1c(N)cc(C(=O)NC(C)(CO)CO)cc1F. The topological polar surface area (TPSA) is 95.6 Å². The number of aliphatic hydroxyl groups excluding tert-OH is 2. The molecule has 1 amide bonds. The smallest absolute Gasteiger partial charge is 0.252 e. The highest BCUT2D eigenvalue weighted by molar-refractivity contribution is 5.95. The van der Waals surface area contributed by atoms with E-state index < -0.39 is 30.5 Å². The number of rotatable bonds is 4. The molecule has 0 aliphatic rings. The number of carbonyl (C=O) groups excluding carboxylic acids is 1. The maximum absolute atomic E-state index is 13.4. The first kappa shape index (κ1) is 14.4. The van der Waals surface area contributed by atoms with E-state index in [4.69, 9.17) is 15.9 Å². The fourth-order valence-electron chi connectivity index (χ4n) is 1.31. The lowest BCUT2D eigenvalue weighted by Gasteiger charge is -2.26. The van der Waals surface area contributed by atoms with Crippen LogP contribution in [0.3, 0.4) is 0 Å². The lowest BCUT2D eigenvalue weighted by molar-refractivity contribution is 0.0723. The second-order valence-corrected chi connectivity index (χ2v) is 4.50. The number of aliphatic hydroxyl groups is 2. The van der Waals surface area contributed by atoms with E-state index in [9.17, 15) is 9.18 Å². The molecule has 0 aromatic heterocycles. The van der Waals surface area contributed by atoms with Gasteiger partial charge in [0.15, 0.2) is 0 Å². The van der Waals surface area contributed by atoms with Crippen LogP contribution in [0.25, 0.3) is 0 Å². The quantitative estimate of drug-likeness (QED) is 0.578. The molecule has 0 radical (unpaired) electrons. The summed E-state index contributed by atoms with van der Waals surface area (Å²) in [5.74, 6) is -1.18. The number of nitrogens with two attached hydrogens (primary N) is 1. The maximum atomic E-state index is 13.4. The van der Waals surface area contributed by atoms with Crippen molar-refractivity contribution in [2.24, 2.45) is 0 Å². The van der Waals surface area contributed by atoms with Crippen molar-refractivity contribution in [2.45, 2.75) is 19.4 Å². The number of nitrogen functional groups attached to an aromatic ring is 1. The molecule has 0 saturated heterocycles. The Balaban J connectivity index is 2.98. The summed E-state index contributed by atoms with van der Waals surface area (Å²) < 4.78 is 13.4. The van der Waals surface area contributed by atoms with Crippen molar-refractivity contribution in [1.29, 1.82) is 0 Å². The van der Waals surface area contributed by atoms with Gasteiger partial charge < -0.3 is 21.3 Å². The summed E-state index contributed by atoms with van der Waals surface area (Å²) in [6.07, 6.45) is 0. The van der Waals surface area contributed by atoms with E-state index in [1.807, 2.05) is 0 Å². The monoisotopic (exact) mass is 256 g/mol. The van der Waals surface area contributed by atoms with E-state index in [0.717, 1.165) is 6.07 Å². The fourth-order valence-corrected chi connectivity index (χ4v) is 1.31. The third kappa shape index (κ3) is 2.96. The van der Waals surface area contributed by atoms with E-state index in [1.54, 1.807) is 0 Å². The lowest BCUT2D eigenvalue weighted by atomic mass is 10.0. The highest BCUT2D eigenvalue weighted by Crippen LogP contribution is 2.18. The molecule has 1 aromatic rings. The van der Waals surface area contributed by atoms with Gasteiger partial charge in [-0.15, -0.1) is 0 Å². The number of hydrogen-bond donors (Lipinski definition) is 4. The third-order valence-corrected chi connectivity index (χ3v) is 2.76. The standard InChI is InChI=1S/C12H17FN2O3/c1-7-9(13)3-8(4-10(7)14)11(18)15-12(2,5-16)6-17/h3-4,16-17H,5-6,14H2,1-2H3,(H,15,18). The maximum Gasteiger partial charge on any atom is 0.252 e. The first-order chi connectivity index (χ1) is 8.33. The zero-order chi connectivity index (χ0) is 13.9. The molecule has 0 unspecified atom stereocenters. The van der Waals surface area contributed by atoms with Crippen molar-refractivity contribution in [1.82, 2.24) is 5.32 Å². The average molecular weight is 256 g/mol. The number of nitrogens with one attached hydrogen (secondary N) is 1. The van der Waals surface area contributed by atoms with Crippen LogP contribution >= 0.6 is 0 Å². The van der Waals surface area contributed by atoms with Crippen molar-refractivity contribution in [3.63, 3.8) is 0 Å². The molecule has 0 saturated carbocycles. The van der Waals surface area contributed by atoms with Gasteiger partial charge in [-0.3, -0.25) is 4.79 Å². The van der Waals surface area contributed by atoms with Gasteiger partial charge in [-0.25, -0.2) is 4.39 Å². The Labute approximate surface area is 104 Å². The van der Waals surface area contributed by atoms with Crippen molar-refractivity contribution >= 4 is 11.6 Å². The molecule has 0 spiro atoms. The molecule has 18 heavy (non-hydrogen) atoms. The van der Waals surface area contributed by atoms with E-state index in [1.165, 1.54) is 19.9 Å². The van der Waals surface area contributed by atoms with Crippen LogP contribution in [0.2, 0.25) is 0 Å². The Morgan fingerprint density at radius 2 is 2.00 bits per heavy atom. The Morgan fingerprint density at radius 1 is 1.44 bits per heavy atom. The average Bonchev–Trinajstić information content (AvgIpc) is 2.35. The van der Waals surface area contributed by atoms with Crippen molar-refractivity contribution in [3.05, 3.63) is 29.1 Å². The molecular weight excluding hydrogens is 239 g/mol. The predicted molar refractivity (Wildman–Crippen MR) is 65.6 cm³/mol. The molecule has 0 heterocycles. The first-order valence-electron chi connectivity index (χ1n) is 5.43. The molecule has 0 fully saturated rings. The van der Waals surface area contributed by atoms with E-state index >= 15 is 0 Å². The number of benzene rings is 1. The lowest BCUT2D eigenvalue weighted by Crippen LogP contribution is -2.51. The molecule has 5 nitrogen and oxygen atoms in total. The molecule has 0 bridgehead atoms. The van der Waals surface area contributed by atoms with Gasteiger partial charge in [-0.05, 0) is 26.0 Å². The molecule has 0 aliphatic carbocycles.